The predicted molar refractivity (Wildman–Crippen MR) is 72.3 cm³/mol. The number of aryl methyl sites for hydroxylation is 1. The molecule has 104 valence electrons. The Morgan fingerprint density at radius 2 is 1.79 bits per heavy atom. The molecule has 0 saturated carbocycles. The minimum Gasteiger partial charge on any atom is -0.481 e. The van der Waals surface area contributed by atoms with Gasteiger partial charge in [-0.3, -0.25) is 9.59 Å². The molecule has 0 radical (unpaired) electrons. The van der Waals surface area contributed by atoms with Crippen LogP contribution in [0.4, 0.5) is 0 Å². The van der Waals surface area contributed by atoms with Crippen molar-refractivity contribution in [3.8, 4) is 0 Å². The van der Waals surface area contributed by atoms with Crippen molar-refractivity contribution >= 4 is 11.9 Å². The highest BCUT2D eigenvalue weighted by Gasteiger charge is 2.18. The normalized spacial score (nSPS) is 12.1. The SMILES string of the molecule is CCCC(C(=O)O)c1ccc(CCCC(=O)O)cc1. The summed E-state index contributed by atoms with van der Waals surface area (Å²) in [4.78, 5) is 21.6. The van der Waals surface area contributed by atoms with Crippen LogP contribution in [-0.2, 0) is 16.0 Å². The number of hydrogen-bond acceptors (Lipinski definition) is 2. The third kappa shape index (κ3) is 5.12. The second-order valence-corrected chi connectivity index (χ2v) is 4.67. The van der Waals surface area contributed by atoms with E-state index in [2.05, 4.69) is 0 Å². The number of aliphatic carboxylic acids is 2. The Morgan fingerprint density at radius 3 is 2.26 bits per heavy atom. The van der Waals surface area contributed by atoms with E-state index in [1.807, 2.05) is 31.2 Å². The lowest BCUT2D eigenvalue weighted by Gasteiger charge is -2.12. The van der Waals surface area contributed by atoms with Gasteiger partial charge >= 0.3 is 11.9 Å². The van der Waals surface area contributed by atoms with Crippen molar-refractivity contribution < 1.29 is 19.8 Å². The molecule has 19 heavy (non-hydrogen) atoms. The quantitative estimate of drug-likeness (QED) is 0.756. The second-order valence-electron chi connectivity index (χ2n) is 4.67. The van der Waals surface area contributed by atoms with Crippen LogP contribution in [0.15, 0.2) is 24.3 Å². The molecule has 1 rings (SSSR count). The van der Waals surface area contributed by atoms with Crippen molar-refractivity contribution in [2.24, 2.45) is 0 Å². The molecule has 1 atom stereocenters. The maximum atomic E-state index is 11.2. The van der Waals surface area contributed by atoms with Gasteiger partial charge in [0.05, 0.1) is 5.92 Å². The summed E-state index contributed by atoms with van der Waals surface area (Å²) in [6.45, 7) is 1.97. The van der Waals surface area contributed by atoms with Gasteiger partial charge in [-0.25, -0.2) is 0 Å². The van der Waals surface area contributed by atoms with Gasteiger partial charge in [0.2, 0.25) is 0 Å². The van der Waals surface area contributed by atoms with Gasteiger partial charge in [0.1, 0.15) is 0 Å². The van der Waals surface area contributed by atoms with Gasteiger partial charge in [0, 0.05) is 6.42 Å². The Morgan fingerprint density at radius 1 is 1.16 bits per heavy atom. The summed E-state index contributed by atoms with van der Waals surface area (Å²) in [7, 11) is 0. The first-order valence-electron chi connectivity index (χ1n) is 6.58. The largest absolute Gasteiger partial charge is 0.481 e. The van der Waals surface area contributed by atoms with Crippen LogP contribution in [0, 0.1) is 0 Å². The number of carbonyl (C=O) groups is 2. The van der Waals surface area contributed by atoms with Crippen LogP contribution in [-0.4, -0.2) is 22.2 Å². The Hall–Kier alpha value is -1.84. The summed E-state index contributed by atoms with van der Waals surface area (Å²) in [5.41, 5.74) is 1.86. The number of benzene rings is 1. The van der Waals surface area contributed by atoms with Gasteiger partial charge in [-0.2, -0.15) is 0 Å². The average molecular weight is 264 g/mol. The Kier molecular flexibility index (Phi) is 6.06. The van der Waals surface area contributed by atoms with Crippen LogP contribution in [0.2, 0.25) is 0 Å². The lowest BCUT2D eigenvalue weighted by molar-refractivity contribution is -0.139. The van der Waals surface area contributed by atoms with E-state index >= 15 is 0 Å². The average Bonchev–Trinajstić information content (AvgIpc) is 2.36. The zero-order chi connectivity index (χ0) is 14.3. The Balaban J connectivity index is 2.64. The third-order valence-corrected chi connectivity index (χ3v) is 3.11. The van der Waals surface area contributed by atoms with E-state index in [9.17, 15) is 9.59 Å². The summed E-state index contributed by atoms with van der Waals surface area (Å²) in [6, 6.07) is 7.46. The summed E-state index contributed by atoms with van der Waals surface area (Å²) in [5.74, 6) is -2.02. The zero-order valence-corrected chi connectivity index (χ0v) is 11.1. The fourth-order valence-corrected chi connectivity index (χ4v) is 2.08. The molecule has 0 bridgehead atoms. The van der Waals surface area contributed by atoms with Crippen molar-refractivity contribution in [3.63, 3.8) is 0 Å². The number of carboxylic acids is 2. The monoisotopic (exact) mass is 264 g/mol. The molecule has 0 amide bonds. The Bertz CT molecular complexity index is 422. The van der Waals surface area contributed by atoms with Crippen LogP contribution in [0.25, 0.3) is 0 Å². The lowest BCUT2D eigenvalue weighted by atomic mass is 9.93. The van der Waals surface area contributed by atoms with Crippen LogP contribution in [0.5, 0.6) is 0 Å². The van der Waals surface area contributed by atoms with Crippen molar-refractivity contribution in [3.05, 3.63) is 35.4 Å². The molecule has 0 aliphatic rings. The third-order valence-electron chi connectivity index (χ3n) is 3.11. The maximum absolute atomic E-state index is 11.2. The molecule has 4 nitrogen and oxygen atoms in total. The van der Waals surface area contributed by atoms with Crippen LogP contribution < -0.4 is 0 Å². The molecule has 0 saturated heterocycles. The smallest absolute Gasteiger partial charge is 0.310 e. The highest BCUT2D eigenvalue weighted by Crippen LogP contribution is 2.22. The van der Waals surface area contributed by atoms with Gasteiger partial charge in [0.15, 0.2) is 0 Å². The standard InChI is InChI=1S/C15H20O4/c1-2-4-13(15(18)19)12-9-7-11(8-10-12)5-3-6-14(16)17/h7-10,13H,2-6H2,1H3,(H,16,17)(H,18,19). The van der Waals surface area contributed by atoms with Gasteiger partial charge in [-0.1, -0.05) is 37.6 Å². The Labute approximate surface area is 113 Å². The van der Waals surface area contributed by atoms with E-state index in [1.165, 1.54) is 0 Å². The van der Waals surface area contributed by atoms with E-state index in [1.54, 1.807) is 0 Å². The van der Waals surface area contributed by atoms with Gasteiger partial charge in [0.25, 0.3) is 0 Å². The molecule has 1 unspecified atom stereocenters. The van der Waals surface area contributed by atoms with Crippen LogP contribution in [0.3, 0.4) is 0 Å². The topological polar surface area (TPSA) is 74.6 Å². The van der Waals surface area contributed by atoms with Crippen molar-refractivity contribution in [2.45, 2.75) is 44.9 Å². The second kappa shape index (κ2) is 7.56. The van der Waals surface area contributed by atoms with Gasteiger partial charge < -0.3 is 10.2 Å². The minimum atomic E-state index is -0.791. The van der Waals surface area contributed by atoms with Gasteiger partial charge in [-0.05, 0) is 30.4 Å². The molecule has 1 aromatic carbocycles. The molecule has 2 N–H and O–H groups in total. The molecule has 0 aliphatic heterocycles. The molecular formula is C15H20O4. The fourth-order valence-electron chi connectivity index (χ4n) is 2.08. The predicted octanol–water partition coefficient (Wildman–Crippen LogP) is 3.06. The highest BCUT2D eigenvalue weighted by molar-refractivity contribution is 5.76. The minimum absolute atomic E-state index is 0.162. The first kappa shape index (κ1) is 15.2. The summed E-state index contributed by atoms with van der Waals surface area (Å²) >= 11 is 0. The van der Waals surface area contributed by atoms with E-state index in [0.29, 0.717) is 19.3 Å². The number of rotatable bonds is 8. The summed E-state index contributed by atoms with van der Waals surface area (Å²) < 4.78 is 0. The highest BCUT2D eigenvalue weighted by atomic mass is 16.4. The molecule has 0 aromatic heterocycles. The molecule has 0 aliphatic carbocycles. The summed E-state index contributed by atoms with van der Waals surface area (Å²) in [6.07, 6.45) is 2.93. The first-order chi connectivity index (χ1) is 9.04. The van der Waals surface area contributed by atoms with Crippen LogP contribution in [0.1, 0.15) is 49.7 Å². The zero-order valence-electron chi connectivity index (χ0n) is 11.1. The van der Waals surface area contributed by atoms with Crippen molar-refractivity contribution in [2.75, 3.05) is 0 Å². The van der Waals surface area contributed by atoms with E-state index in [4.69, 9.17) is 10.2 Å². The van der Waals surface area contributed by atoms with Crippen molar-refractivity contribution in [1.29, 1.82) is 0 Å². The number of hydrogen-bond donors (Lipinski definition) is 2. The number of carboxylic acid groups (broad SMARTS) is 2. The van der Waals surface area contributed by atoms with Crippen LogP contribution >= 0.6 is 0 Å². The molecule has 4 heteroatoms. The molecular weight excluding hydrogens is 244 g/mol. The lowest BCUT2D eigenvalue weighted by Crippen LogP contribution is -2.11. The molecule has 0 spiro atoms. The van der Waals surface area contributed by atoms with Gasteiger partial charge in [-0.15, -0.1) is 0 Å². The first-order valence-corrected chi connectivity index (χ1v) is 6.58. The molecule has 0 fully saturated rings. The van der Waals surface area contributed by atoms with Crippen molar-refractivity contribution in [1.82, 2.24) is 0 Å². The van der Waals surface area contributed by atoms with E-state index < -0.39 is 17.9 Å². The molecule has 1 aromatic rings. The molecule has 0 heterocycles. The maximum Gasteiger partial charge on any atom is 0.310 e. The summed E-state index contributed by atoms with van der Waals surface area (Å²) in [5, 5.41) is 17.7. The van der Waals surface area contributed by atoms with E-state index in [0.717, 1.165) is 17.5 Å². The van der Waals surface area contributed by atoms with E-state index in [-0.39, 0.29) is 6.42 Å². The fraction of sp³-hybridized carbons (Fsp3) is 0.467.